The van der Waals surface area contributed by atoms with E-state index < -0.39 is 28.5 Å². The topological polar surface area (TPSA) is 86.8 Å². The summed E-state index contributed by atoms with van der Waals surface area (Å²) in [5, 5.41) is 3.01. The zero-order chi connectivity index (χ0) is 31.0. The van der Waals surface area contributed by atoms with Gasteiger partial charge >= 0.3 is 0 Å². The quantitative estimate of drug-likeness (QED) is 0.251. The van der Waals surface area contributed by atoms with Gasteiger partial charge in [-0.05, 0) is 74.9 Å². The third-order valence-electron chi connectivity index (χ3n) is 7.56. The maximum atomic E-state index is 14.2. The minimum Gasteiger partial charge on any atom is -0.352 e. The van der Waals surface area contributed by atoms with E-state index in [4.69, 9.17) is 0 Å². The zero-order valence-electron chi connectivity index (χ0n) is 25.9. The number of nitrogens with one attached hydrogen (secondary N) is 1. The Hall–Kier alpha value is -3.65. The van der Waals surface area contributed by atoms with Crippen LogP contribution in [0.5, 0.6) is 0 Å². The number of benzene rings is 3. The Labute approximate surface area is 252 Å². The molecule has 2 unspecified atom stereocenters. The largest absolute Gasteiger partial charge is 0.352 e. The summed E-state index contributed by atoms with van der Waals surface area (Å²) in [6.45, 7) is 13.5. The Balaban J connectivity index is 2.08. The average Bonchev–Trinajstić information content (AvgIpc) is 2.95. The van der Waals surface area contributed by atoms with Crippen LogP contribution in [0.15, 0.2) is 77.7 Å². The second-order valence-electron chi connectivity index (χ2n) is 11.3. The zero-order valence-corrected chi connectivity index (χ0v) is 26.7. The van der Waals surface area contributed by atoms with Crippen LogP contribution in [0.3, 0.4) is 0 Å². The number of nitrogens with zero attached hydrogens (tertiary/aromatic N) is 2. The lowest BCUT2D eigenvalue weighted by Crippen LogP contribution is -2.53. The molecule has 0 radical (unpaired) electrons. The summed E-state index contributed by atoms with van der Waals surface area (Å²) in [5.74, 6) is -0.435. The first-order chi connectivity index (χ1) is 19.9. The minimum atomic E-state index is -4.10. The summed E-state index contributed by atoms with van der Waals surface area (Å²) in [7, 11) is -4.10. The lowest BCUT2D eigenvalue weighted by molar-refractivity contribution is -0.140. The lowest BCUT2D eigenvalue weighted by Gasteiger charge is -2.34. The van der Waals surface area contributed by atoms with Gasteiger partial charge in [0.25, 0.3) is 10.0 Å². The molecular weight excluding hydrogens is 546 g/mol. The van der Waals surface area contributed by atoms with Crippen LogP contribution in [-0.2, 0) is 26.2 Å². The molecule has 3 aromatic rings. The number of hydrogen-bond donors (Lipinski definition) is 1. The molecule has 1 N–H and O–H groups in total. The number of rotatable bonds is 13. The van der Waals surface area contributed by atoms with Crippen molar-refractivity contribution in [3.05, 3.63) is 95.1 Å². The van der Waals surface area contributed by atoms with Gasteiger partial charge < -0.3 is 10.2 Å². The second-order valence-corrected chi connectivity index (χ2v) is 13.2. The van der Waals surface area contributed by atoms with E-state index in [0.717, 1.165) is 33.0 Å². The second kappa shape index (κ2) is 14.5. The van der Waals surface area contributed by atoms with E-state index in [2.05, 4.69) is 19.2 Å². The number of aryl methyl sites for hydroxylation is 2. The highest BCUT2D eigenvalue weighted by Crippen LogP contribution is 2.27. The Morgan fingerprint density at radius 3 is 2.02 bits per heavy atom. The smallest absolute Gasteiger partial charge is 0.264 e. The summed E-state index contributed by atoms with van der Waals surface area (Å²) in [6.07, 6.45) is 1.14. The third-order valence-corrected chi connectivity index (χ3v) is 9.35. The van der Waals surface area contributed by atoms with Gasteiger partial charge in [-0.15, -0.1) is 0 Å². The normalized spacial score (nSPS) is 13.0. The van der Waals surface area contributed by atoms with Gasteiger partial charge in [0.2, 0.25) is 11.8 Å². The summed E-state index contributed by atoms with van der Waals surface area (Å²) in [4.78, 5) is 29.3. The molecule has 8 heteroatoms. The molecule has 0 aliphatic rings. The number of carbonyl (C=O) groups excluding carboxylic acids is 2. The number of amides is 2. The molecule has 0 saturated carbocycles. The van der Waals surface area contributed by atoms with Crippen molar-refractivity contribution in [3.8, 4) is 0 Å². The first kappa shape index (κ1) is 32.9. The molecule has 0 spiro atoms. The Bertz CT molecular complexity index is 1450. The summed E-state index contributed by atoms with van der Waals surface area (Å²) >= 11 is 0. The van der Waals surface area contributed by atoms with Gasteiger partial charge in [0.15, 0.2) is 0 Å². The van der Waals surface area contributed by atoms with Crippen LogP contribution < -0.4 is 9.62 Å². The fourth-order valence-corrected chi connectivity index (χ4v) is 6.17. The van der Waals surface area contributed by atoms with Crippen molar-refractivity contribution in [2.45, 2.75) is 90.7 Å². The van der Waals surface area contributed by atoms with Crippen molar-refractivity contribution in [2.75, 3.05) is 10.8 Å². The van der Waals surface area contributed by atoms with Gasteiger partial charge in [-0.25, -0.2) is 8.42 Å². The van der Waals surface area contributed by atoms with Crippen LogP contribution in [-0.4, -0.2) is 43.8 Å². The Morgan fingerprint density at radius 2 is 1.48 bits per heavy atom. The monoisotopic (exact) mass is 591 g/mol. The van der Waals surface area contributed by atoms with E-state index in [1.54, 1.807) is 36.4 Å². The first-order valence-corrected chi connectivity index (χ1v) is 16.2. The summed E-state index contributed by atoms with van der Waals surface area (Å²) in [5.41, 5.74) is 4.28. The van der Waals surface area contributed by atoms with E-state index in [0.29, 0.717) is 12.1 Å². The van der Waals surface area contributed by atoms with Crippen molar-refractivity contribution in [1.82, 2.24) is 10.2 Å². The molecule has 0 bridgehead atoms. The Morgan fingerprint density at radius 1 is 0.833 bits per heavy atom. The van der Waals surface area contributed by atoms with Crippen molar-refractivity contribution in [1.29, 1.82) is 0 Å². The SMILES string of the molecule is CCC(C)NC(=O)C(CC)N(Cc1cccc(C)c1)C(=O)CN(c1ccc(C(C)C)cc1)S(=O)(=O)c1ccc(C)cc1. The third kappa shape index (κ3) is 8.22. The fraction of sp³-hybridized carbons (Fsp3) is 0.412. The predicted molar refractivity (Wildman–Crippen MR) is 170 cm³/mol. The summed E-state index contributed by atoms with van der Waals surface area (Å²) < 4.78 is 29.3. The van der Waals surface area contributed by atoms with Crippen LogP contribution in [0.4, 0.5) is 5.69 Å². The lowest BCUT2D eigenvalue weighted by atomic mass is 10.0. The van der Waals surface area contributed by atoms with Gasteiger partial charge in [-0.1, -0.05) is 87.4 Å². The molecule has 3 aromatic carbocycles. The molecule has 2 amide bonds. The van der Waals surface area contributed by atoms with E-state index in [1.165, 1.54) is 4.90 Å². The molecule has 2 atom stereocenters. The maximum Gasteiger partial charge on any atom is 0.264 e. The van der Waals surface area contributed by atoms with E-state index in [-0.39, 0.29) is 29.3 Å². The Kier molecular flexibility index (Phi) is 11.3. The molecule has 0 saturated heterocycles. The van der Waals surface area contributed by atoms with Gasteiger partial charge in [0.05, 0.1) is 10.6 Å². The van der Waals surface area contributed by atoms with Crippen molar-refractivity contribution in [3.63, 3.8) is 0 Å². The molecule has 0 fully saturated rings. The number of hydrogen-bond acceptors (Lipinski definition) is 4. The molecular formula is C34H45N3O4S. The highest BCUT2D eigenvalue weighted by Gasteiger charge is 2.34. The number of sulfonamides is 1. The van der Waals surface area contributed by atoms with E-state index in [9.17, 15) is 18.0 Å². The van der Waals surface area contributed by atoms with Gasteiger partial charge in [0, 0.05) is 12.6 Å². The van der Waals surface area contributed by atoms with Crippen LogP contribution in [0.2, 0.25) is 0 Å². The summed E-state index contributed by atoms with van der Waals surface area (Å²) in [6, 6.07) is 20.8. The molecule has 0 heterocycles. The minimum absolute atomic E-state index is 0.0552. The van der Waals surface area contributed by atoms with Gasteiger partial charge in [-0.3, -0.25) is 13.9 Å². The maximum absolute atomic E-state index is 14.2. The predicted octanol–water partition coefficient (Wildman–Crippen LogP) is 6.34. The number of anilines is 1. The van der Waals surface area contributed by atoms with Crippen LogP contribution >= 0.6 is 0 Å². The van der Waals surface area contributed by atoms with Crippen molar-refractivity contribution >= 4 is 27.5 Å². The molecule has 0 aliphatic heterocycles. The van der Waals surface area contributed by atoms with Crippen LogP contribution in [0, 0.1) is 13.8 Å². The molecule has 7 nitrogen and oxygen atoms in total. The van der Waals surface area contributed by atoms with E-state index >= 15 is 0 Å². The van der Waals surface area contributed by atoms with Gasteiger partial charge in [-0.2, -0.15) is 0 Å². The van der Waals surface area contributed by atoms with Crippen molar-refractivity contribution < 1.29 is 18.0 Å². The average molecular weight is 592 g/mol. The van der Waals surface area contributed by atoms with Crippen molar-refractivity contribution in [2.24, 2.45) is 0 Å². The molecule has 0 aromatic heterocycles. The standard InChI is InChI=1S/C34H45N3O4S/c1-8-27(7)35-34(39)32(9-2)36(22-28-12-10-11-26(6)21-28)33(38)23-37(30-17-15-29(16-18-30)24(3)4)42(40,41)31-19-13-25(5)14-20-31/h10-21,24,27,32H,8-9,22-23H2,1-7H3,(H,35,39). The van der Waals surface area contributed by atoms with E-state index in [1.807, 2.05) is 71.0 Å². The highest BCUT2D eigenvalue weighted by molar-refractivity contribution is 7.92. The highest BCUT2D eigenvalue weighted by atomic mass is 32.2. The van der Waals surface area contributed by atoms with Crippen LogP contribution in [0.25, 0.3) is 0 Å². The molecule has 3 rings (SSSR count). The van der Waals surface area contributed by atoms with Crippen LogP contribution in [0.1, 0.15) is 75.6 Å². The molecule has 226 valence electrons. The molecule has 0 aliphatic carbocycles. The molecule has 42 heavy (non-hydrogen) atoms. The van der Waals surface area contributed by atoms with Gasteiger partial charge in [0.1, 0.15) is 12.6 Å². The fourth-order valence-electron chi connectivity index (χ4n) is 4.76. The first-order valence-electron chi connectivity index (χ1n) is 14.7. The number of carbonyl (C=O) groups is 2.